The van der Waals surface area contributed by atoms with E-state index in [1.807, 2.05) is 31.2 Å². The molecule has 0 aliphatic heterocycles. The topological polar surface area (TPSA) is 134 Å². The van der Waals surface area contributed by atoms with Gasteiger partial charge in [-0.2, -0.15) is 0 Å². The molecular weight excluding hydrogens is 496 g/mol. The maximum absolute atomic E-state index is 13.0. The summed E-state index contributed by atoms with van der Waals surface area (Å²) in [5.41, 5.74) is 8.78. The lowest BCUT2D eigenvalue weighted by Gasteiger charge is -2.16. The van der Waals surface area contributed by atoms with Crippen LogP contribution in [0.3, 0.4) is 0 Å². The SMILES string of the molecule is COc1nc(-c2cccc(-c3cccc(NC(=O)c4cn(C)c(=O)n(C)c4=O)c3C)c2Cl)cnc1CN. The number of carbonyl (C=O) groups excluding carboxylic acids is 1. The van der Waals surface area contributed by atoms with E-state index in [1.54, 1.807) is 18.3 Å². The highest BCUT2D eigenvalue weighted by Gasteiger charge is 2.19. The van der Waals surface area contributed by atoms with Gasteiger partial charge in [-0.3, -0.25) is 19.1 Å². The second-order valence-electron chi connectivity index (χ2n) is 8.32. The number of hydrogen-bond donors (Lipinski definition) is 2. The van der Waals surface area contributed by atoms with Crippen LogP contribution in [-0.2, 0) is 20.6 Å². The molecule has 0 spiro atoms. The van der Waals surface area contributed by atoms with E-state index < -0.39 is 17.2 Å². The van der Waals surface area contributed by atoms with Gasteiger partial charge in [0.05, 0.1) is 24.0 Å². The Balaban J connectivity index is 1.74. The number of nitrogens with two attached hydrogens (primary N) is 1. The molecule has 0 atom stereocenters. The van der Waals surface area contributed by atoms with Crippen molar-refractivity contribution >= 4 is 23.2 Å². The smallest absolute Gasteiger partial charge is 0.330 e. The molecule has 2 aromatic heterocycles. The van der Waals surface area contributed by atoms with E-state index >= 15 is 0 Å². The molecule has 11 heteroatoms. The highest BCUT2D eigenvalue weighted by Crippen LogP contribution is 2.39. The van der Waals surface area contributed by atoms with Crippen LogP contribution >= 0.6 is 11.6 Å². The summed E-state index contributed by atoms with van der Waals surface area (Å²) in [7, 11) is 4.30. The highest BCUT2D eigenvalue weighted by atomic mass is 35.5. The minimum atomic E-state index is -0.678. The first kappa shape index (κ1) is 25.8. The van der Waals surface area contributed by atoms with Gasteiger partial charge in [0.1, 0.15) is 11.3 Å². The van der Waals surface area contributed by atoms with Gasteiger partial charge < -0.3 is 20.4 Å². The Morgan fingerprint density at radius 2 is 1.78 bits per heavy atom. The van der Waals surface area contributed by atoms with Crippen LogP contribution in [0.15, 0.2) is 58.4 Å². The molecule has 10 nitrogen and oxygen atoms in total. The average Bonchev–Trinajstić information content (AvgIpc) is 2.90. The number of amides is 1. The Hall–Kier alpha value is -4.28. The van der Waals surface area contributed by atoms with Crippen molar-refractivity contribution in [1.82, 2.24) is 19.1 Å². The molecule has 0 saturated carbocycles. The average molecular weight is 521 g/mol. The first-order valence-corrected chi connectivity index (χ1v) is 11.6. The fourth-order valence-corrected chi connectivity index (χ4v) is 4.31. The third kappa shape index (κ3) is 4.76. The lowest BCUT2D eigenvalue weighted by Crippen LogP contribution is -2.40. The summed E-state index contributed by atoms with van der Waals surface area (Å²) in [6.07, 6.45) is 2.82. The van der Waals surface area contributed by atoms with Crippen molar-refractivity contribution < 1.29 is 9.53 Å². The van der Waals surface area contributed by atoms with Gasteiger partial charge in [0, 0.05) is 43.7 Å². The number of hydrogen-bond acceptors (Lipinski definition) is 7. The first-order valence-electron chi connectivity index (χ1n) is 11.2. The van der Waals surface area contributed by atoms with Crippen LogP contribution < -0.4 is 27.0 Å². The minimum Gasteiger partial charge on any atom is -0.480 e. The highest BCUT2D eigenvalue weighted by molar-refractivity contribution is 6.36. The van der Waals surface area contributed by atoms with Crippen LogP contribution in [0.25, 0.3) is 22.4 Å². The maximum Gasteiger partial charge on any atom is 0.330 e. The summed E-state index contributed by atoms with van der Waals surface area (Å²) < 4.78 is 7.39. The van der Waals surface area contributed by atoms with Crippen molar-refractivity contribution in [3.8, 4) is 28.3 Å². The molecule has 0 saturated heterocycles. The van der Waals surface area contributed by atoms with Gasteiger partial charge in [-0.05, 0) is 24.1 Å². The summed E-state index contributed by atoms with van der Waals surface area (Å²) in [6, 6.07) is 10.9. The fourth-order valence-electron chi connectivity index (χ4n) is 3.98. The third-order valence-electron chi connectivity index (χ3n) is 6.04. The number of benzene rings is 2. The number of anilines is 1. The van der Waals surface area contributed by atoms with Gasteiger partial charge in [0.25, 0.3) is 11.5 Å². The zero-order valence-corrected chi connectivity index (χ0v) is 21.5. The van der Waals surface area contributed by atoms with E-state index in [-0.39, 0.29) is 12.1 Å². The zero-order chi connectivity index (χ0) is 26.9. The Morgan fingerprint density at radius 1 is 1.11 bits per heavy atom. The number of nitrogens with zero attached hydrogens (tertiary/aromatic N) is 4. The monoisotopic (exact) mass is 520 g/mol. The Morgan fingerprint density at radius 3 is 2.49 bits per heavy atom. The van der Waals surface area contributed by atoms with E-state index in [1.165, 1.54) is 32.0 Å². The number of aromatic nitrogens is 4. The van der Waals surface area contributed by atoms with Crippen LogP contribution in [0.5, 0.6) is 5.88 Å². The lowest BCUT2D eigenvalue weighted by molar-refractivity contribution is 0.102. The molecule has 0 aliphatic rings. The van der Waals surface area contributed by atoms with Crippen LogP contribution in [0.4, 0.5) is 5.69 Å². The summed E-state index contributed by atoms with van der Waals surface area (Å²) >= 11 is 6.85. The van der Waals surface area contributed by atoms with Gasteiger partial charge >= 0.3 is 5.69 Å². The molecule has 0 unspecified atom stereocenters. The number of rotatable bonds is 6. The van der Waals surface area contributed by atoms with Crippen molar-refractivity contribution in [3.05, 3.63) is 91.5 Å². The van der Waals surface area contributed by atoms with Crippen molar-refractivity contribution in [2.75, 3.05) is 12.4 Å². The molecule has 2 aromatic carbocycles. The molecule has 37 heavy (non-hydrogen) atoms. The molecule has 2 heterocycles. The van der Waals surface area contributed by atoms with Crippen LogP contribution in [0.2, 0.25) is 5.02 Å². The normalized spacial score (nSPS) is 10.9. The van der Waals surface area contributed by atoms with E-state index in [9.17, 15) is 14.4 Å². The van der Waals surface area contributed by atoms with Crippen molar-refractivity contribution in [2.45, 2.75) is 13.5 Å². The Kier molecular flexibility index (Phi) is 7.23. The zero-order valence-electron chi connectivity index (χ0n) is 20.7. The summed E-state index contributed by atoms with van der Waals surface area (Å²) in [5.74, 6) is -0.300. The quantitative estimate of drug-likeness (QED) is 0.399. The van der Waals surface area contributed by atoms with Crippen LogP contribution in [0.1, 0.15) is 21.6 Å². The number of carbonyl (C=O) groups is 1. The molecule has 4 rings (SSSR count). The lowest BCUT2D eigenvalue weighted by atomic mass is 9.96. The van der Waals surface area contributed by atoms with E-state index in [0.717, 1.165) is 21.3 Å². The number of methoxy groups -OCH3 is 1. The van der Waals surface area contributed by atoms with Crippen molar-refractivity contribution in [3.63, 3.8) is 0 Å². The van der Waals surface area contributed by atoms with E-state index in [0.29, 0.717) is 33.5 Å². The Bertz CT molecular complexity index is 1640. The molecule has 0 aliphatic carbocycles. The van der Waals surface area contributed by atoms with Crippen LogP contribution in [-0.4, -0.2) is 32.1 Å². The first-order chi connectivity index (χ1) is 17.7. The predicted molar refractivity (Wildman–Crippen MR) is 142 cm³/mol. The molecule has 1 amide bonds. The number of nitrogens with one attached hydrogen (secondary N) is 1. The summed E-state index contributed by atoms with van der Waals surface area (Å²) in [6.45, 7) is 2.03. The second-order valence-corrected chi connectivity index (χ2v) is 8.69. The minimum absolute atomic E-state index is 0.150. The third-order valence-corrected chi connectivity index (χ3v) is 6.44. The van der Waals surface area contributed by atoms with Gasteiger partial charge in [-0.1, -0.05) is 41.9 Å². The summed E-state index contributed by atoms with van der Waals surface area (Å²) in [5, 5.41) is 3.23. The van der Waals surface area contributed by atoms with Gasteiger partial charge in [0.2, 0.25) is 5.88 Å². The predicted octanol–water partition coefficient (Wildman–Crippen LogP) is 2.89. The second kappa shape index (κ2) is 10.4. The molecule has 0 bridgehead atoms. The number of ether oxygens (including phenoxy) is 1. The van der Waals surface area contributed by atoms with Gasteiger partial charge in [-0.25, -0.2) is 9.78 Å². The molecule has 0 fully saturated rings. The fraction of sp³-hybridized carbons (Fsp3) is 0.192. The van der Waals surface area contributed by atoms with E-state index in [2.05, 4.69) is 15.3 Å². The Labute approximate surface area is 217 Å². The standard InChI is InChI=1S/C26H25ClN6O4/c1-14-15(7-6-10-19(14)30-23(34)18-13-32(2)26(36)33(3)25(18)35)16-8-5-9-17(22(16)27)21-12-29-20(11-28)24(31-21)37-4/h5-10,12-13H,11,28H2,1-4H3,(H,30,34). The van der Waals surface area contributed by atoms with E-state index in [4.69, 9.17) is 22.1 Å². The summed E-state index contributed by atoms with van der Waals surface area (Å²) in [4.78, 5) is 46.3. The molecule has 3 N–H and O–H groups in total. The van der Waals surface area contributed by atoms with Gasteiger partial charge in [0.15, 0.2) is 0 Å². The number of aryl methyl sites for hydroxylation is 1. The molecule has 4 aromatic rings. The molecule has 190 valence electrons. The van der Waals surface area contributed by atoms with Gasteiger partial charge in [-0.15, -0.1) is 0 Å². The molecular formula is C26H25ClN6O4. The largest absolute Gasteiger partial charge is 0.480 e. The number of halogens is 1. The van der Waals surface area contributed by atoms with Crippen molar-refractivity contribution in [1.29, 1.82) is 0 Å². The maximum atomic E-state index is 13.0. The molecule has 0 radical (unpaired) electrons. The van der Waals surface area contributed by atoms with Crippen LogP contribution in [0, 0.1) is 6.92 Å². The van der Waals surface area contributed by atoms with Crippen molar-refractivity contribution in [2.24, 2.45) is 19.8 Å².